The molecule has 1 aliphatic rings. The van der Waals surface area contributed by atoms with Gasteiger partial charge < -0.3 is 14.6 Å². The molecule has 0 aliphatic carbocycles. The Labute approximate surface area is 116 Å². The monoisotopic (exact) mass is 278 g/mol. The molecule has 0 saturated carbocycles. The van der Waals surface area contributed by atoms with Crippen LogP contribution >= 0.6 is 11.3 Å². The predicted molar refractivity (Wildman–Crippen MR) is 76.6 cm³/mol. The molecular formula is C15H18O3S. The first-order chi connectivity index (χ1) is 9.27. The molecule has 1 aliphatic heterocycles. The average molecular weight is 278 g/mol. The van der Waals surface area contributed by atoms with Crippen LogP contribution in [0.15, 0.2) is 29.6 Å². The van der Waals surface area contributed by atoms with Crippen molar-refractivity contribution in [3.8, 4) is 0 Å². The van der Waals surface area contributed by atoms with Crippen LogP contribution in [0.4, 0.5) is 0 Å². The first-order valence-corrected chi connectivity index (χ1v) is 7.42. The van der Waals surface area contributed by atoms with Gasteiger partial charge in [-0.05, 0) is 16.8 Å². The number of fused-ring (bicyclic) bond motifs is 1. The minimum absolute atomic E-state index is 0.517. The van der Waals surface area contributed by atoms with E-state index >= 15 is 0 Å². The average Bonchev–Trinajstić information content (AvgIpc) is 2.95. The van der Waals surface area contributed by atoms with Gasteiger partial charge in [0.25, 0.3) is 0 Å². The summed E-state index contributed by atoms with van der Waals surface area (Å²) >= 11 is 1.67. The molecule has 102 valence electrons. The zero-order valence-corrected chi connectivity index (χ0v) is 11.8. The second-order valence-electron chi connectivity index (χ2n) is 4.97. The Kier molecular flexibility index (Phi) is 3.58. The van der Waals surface area contributed by atoms with Crippen LogP contribution in [0.25, 0.3) is 10.1 Å². The predicted octanol–water partition coefficient (Wildman–Crippen LogP) is 3.13. The fourth-order valence-corrected chi connectivity index (χ4v) is 3.76. The van der Waals surface area contributed by atoms with Crippen molar-refractivity contribution < 1.29 is 14.6 Å². The van der Waals surface area contributed by atoms with Crippen LogP contribution in [0.3, 0.4) is 0 Å². The lowest BCUT2D eigenvalue weighted by atomic mass is 9.84. The summed E-state index contributed by atoms with van der Waals surface area (Å²) in [5, 5.41) is 14.1. The van der Waals surface area contributed by atoms with E-state index in [9.17, 15) is 5.11 Å². The van der Waals surface area contributed by atoms with Crippen LogP contribution in [0.1, 0.15) is 24.5 Å². The molecule has 3 rings (SSSR count). The third kappa shape index (κ3) is 2.19. The molecule has 0 amide bonds. The quantitative estimate of drug-likeness (QED) is 0.937. The molecule has 0 radical (unpaired) electrons. The van der Waals surface area contributed by atoms with Crippen molar-refractivity contribution in [2.24, 2.45) is 0 Å². The van der Waals surface area contributed by atoms with E-state index in [1.165, 1.54) is 5.39 Å². The summed E-state index contributed by atoms with van der Waals surface area (Å²) < 4.78 is 12.2. The Hall–Kier alpha value is -0.940. The Morgan fingerprint density at radius 2 is 2.11 bits per heavy atom. The molecule has 0 bridgehead atoms. The summed E-state index contributed by atoms with van der Waals surface area (Å²) in [6, 6.07) is 8.15. The van der Waals surface area contributed by atoms with Crippen molar-refractivity contribution in [2.45, 2.75) is 24.5 Å². The fourth-order valence-electron chi connectivity index (χ4n) is 2.82. The number of hydrogen-bond donors (Lipinski definition) is 1. The number of aliphatic hydroxyl groups is 1. The third-order valence-corrected chi connectivity index (χ3v) is 5.03. The highest BCUT2D eigenvalue weighted by atomic mass is 32.1. The molecule has 4 heteroatoms. The number of thiophene rings is 1. The Balaban J connectivity index is 2.02. The second kappa shape index (κ2) is 5.21. The Bertz CT molecular complexity index is 557. The van der Waals surface area contributed by atoms with E-state index < -0.39 is 11.7 Å². The Morgan fingerprint density at radius 3 is 2.84 bits per heavy atom. The topological polar surface area (TPSA) is 38.7 Å². The van der Waals surface area contributed by atoms with E-state index in [0.717, 1.165) is 23.1 Å². The lowest BCUT2D eigenvalue weighted by molar-refractivity contribution is -0.154. The largest absolute Gasteiger partial charge is 0.385 e. The molecule has 1 aromatic heterocycles. The maximum Gasteiger partial charge on any atom is 0.109 e. The van der Waals surface area contributed by atoms with Gasteiger partial charge in [0.2, 0.25) is 0 Å². The van der Waals surface area contributed by atoms with Gasteiger partial charge in [0.05, 0.1) is 0 Å². The summed E-state index contributed by atoms with van der Waals surface area (Å²) in [5.41, 5.74) is 0.451. The Morgan fingerprint density at radius 1 is 1.32 bits per heavy atom. The van der Waals surface area contributed by atoms with Crippen LogP contribution in [-0.4, -0.2) is 31.0 Å². The van der Waals surface area contributed by atoms with Crippen LogP contribution in [0.2, 0.25) is 0 Å². The first kappa shape index (κ1) is 13.1. The van der Waals surface area contributed by atoms with Crippen molar-refractivity contribution in [1.82, 2.24) is 0 Å². The number of rotatable bonds is 3. The second-order valence-corrected chi connectivity index (χ2v) is 5.89. The first-order valence-electron chi connectivity index (χ1n) is 6.54. The van der Waals surface area contributed by atoms with Gasteiger partial charge in [-0.25, -0.2) is 0 Å². The molecule has 19 heavy (non-hydrogen) atoms. The molecule has 1 fully saturated rings. The number of hydrogen-bond acceptors (Lipinski definition) is 4. The summed E-state index contributed by atoms with van der Waals surface area (Å²) in [5.74, 6) is 0. The number of aliphatic hydroxyl groups excluding tert-OH is 1. The van der Waals surface area contributed by atoms with E-state index in [1.54, 1.807) is 18.4 Å². The molecule has 1 aromatic carbocycles. The normalized spacial score (nSPS) is 20.5. The van der Waals surface area contributed by atoms with E-state index in [4.69, 9.17) is 9.47 Å². The molecule has 1 unspecified atom stereocenters. The van der Waals surface area contributed by atoms with E-state index in [0.29, 0.717) is 13.2 Å². The zero-order valence-electron chi connectivity index (χ0n) is 11.0. The lowest BCUT2D eigenvalue weighted by Crippen LogP contribution is -2.43. The van der Waals surface area contributed by atoms with Crippen molar-refractivity contribution in [3.63, 3.8) is 0 Å². The SMILES string of the molecule is COC1(C(O)c2cccc3ccsc23)CCOCC1. The van der Waals surface area contributed by atoms with Gasteiger partial charge in [-0.1, -0.05) is 18.2 Å². The van der Waals surface area contributed by atoms with Crippen molar-refractivity contribution in [3.05, 3.63) is 35.2 Å². The summed E-state index contributed by atoms with van der Waals surface area (Å²) in [4.78, 5) is 0. The molecule has 1 atom stereocenters. The van der Waals surface area contributed by atoms with Crippen molar-refractivity contribution in [1.29, 1.82) is 0 Å². The van der Waals surface area contributed by atoms with Crippen molar-refractivity contribution in [2.75, 3.05) is 20.3 Å². The molecule has 1 N–H and O–H groups in total. The molecule has 2 aromatic rings. The molecular weight excluding hydrogens is 260 g/mol. The highest BCUT2D eigenvalue weighted by Crippen LogP contribution is 2.40. The maximum absolute atomic E-state index is 10.8. The summed E-state index contributed by atoms with van der Waals surface area (Å²) in [6.07, 6.45) is 0.850. The summed E-state index contributed by atoms with van der Waals surface area (Å²) in [6.45, 7) is 1.29. The maximum atomic E-state index is 10.8. The van der Waals surface area contributed by atoms with E-state index in [-0.39, 0.29) is 0 Å². The fraction of sp³-hybridized carbons (Fsp3) is 0.467. The minimum Gasteiger partial charge on any atom is -0.385 e. The molecule has 0 spiro atoms. The molecule has 3 nitrogen and oxygen atoms in total. The van der Waals surface area contributed by atoms with Gasteiger partial charge in [-0.2, -0.15) is 0 Å². The van der Waals surface area contributed by atoms with Crippen LogP contribution in [0, 0.1) is 0 Å². The lowest BCUT2D eigenvalue weighted by Gasteiger charge is -2.40. The number of benzene rings is 1. The van der Waals surface area contributed by atoms with Crippen LogP contribution < -0.4 is 0 Å². The smallest absolute Gasteiger partial charge is 0.109 e. The van der Waals surface area contributed by atoms with Gasteiger partial charge in [0.1, 0.15) is 11.7 Å². The minimum atomic E-state index is -0.608. The third-order valence-electron chi connectivity index (χ3n) is 4.05. The van der Waals surface area contributed by atoms with E-state index in [2.05, 4.69) is 17.5 Å². The van der Waals surface area contributed by atoms with Gasteiger partial charge >= 0.3 is 0 Å². The molecule has 2 heterocycles. The van der Waals surface area contributed by atoms with Gasteiger partial charge in [-0.15, -0.1) is 11.3 Å². The van der Waals surface area contributed by atoms with Crippen molar-refractivity contribution >= 4 is 21.4 Å². The van der Waals surface area contributed by atoms with Crippen LogP contribution in [0.5, 0.6) is 0 Å². The highest BCUT2D eigenvalue weighted by Gasteiger charge is 2.41. The standard InChI is InChI=1S/C15H18O3S/c1-17-15(6-8-18-9-7-15)14(16)12-4-2-3-11-5-10-19-13(11)12/h2-5,10,14,16H,6-9H2,1H3. The van der Waals surface area contributed by atoms with Gasteiger partial charge in [0, 0.05) is 43.4 Å². The zero-order chi connectivity index (χ0) is 13.3. The summed E-state index contributed by atoms with van der Waals surface area (Å²) in [7, 11) is 1.68. The van der Waals surface area contributed by atoms with Gasteiger partial charge in [-0.3, -0.25) is 0 Å². The number of methoxy groups -OCH3 is 1. The van der Waals surface area contributed by atoms with Crippen LogP contribution in [-0.2, 0) is 9.47 Å². The highest BCUT2D eigenvalue weighted by molar-refractivity contribution is 7.17. The van der Waals surface area contributed by atoms with Gasteiger partial charge in [0.15, 0.2) is 0 Å². The number of ether oxygens (including phenoxy) is 2. The molecule has 1 saturated heterocycles. The van der Waals surface area contributed by atoms with E-state index in [1.807, 2.05) is 12.1 Å².